The smallest absolute Gasteiger partial charge is 0.122 e. The predicted molar refractivity (Wildman–Crippen MR) is 137 cm³/mol. The van der Waals surface area contributed by atoms with Gasteiger partial charge in [-0.05, 0) is 70.1 Å². The molecule has 0 unspecified atom stereocenters. The molecular weight excluding hydrogens is 392 g/mol. The van der Waals surface area contributed by atoms with Crippen LogP contribution in [0.2, 0.25) is 0 Å². The third-order valence-corrected chi connectivity index (χ3v) is 5.74. The van der Waals surface area contributed by atoms with E-state index in [1.54, 1.807) is 14.2 Å². The van der Waals surface area contributed by atoms with E-state index < -0.39 is 0 Å². The molecule has 0 aliphatic rings. The van der Waals surface area contributed by atoms with Gasteiger partial charge in [0.2, 0.25) is 0 Å². The van der Waals surface area contributed by atoms with Gasteiger partial charge in [0.15, 0.2) is 0 Å². The van der Waals surface area contributed by atoms with E-state index in [-0.39, 0.29) is 0 Å². The van der Waals surface area contributed by atoms with Crippen LogP contribution in [0.5, 0.6) is 11.5 Å². The number of benzene rings is 4. The highest BCUT2D eigenvalue weighted by atomic mass is 16.5. The van der Waals surface area contributed by atoms with E-state index in [1.165, 1.54) is 21.9 Å². The molecule has 0 spiro atoms. The Bertz CT molecular complexity index is 1210. The van der Waals surface area contributed by atoms with Crippen LogP contribution in [0.3, 0.4) is 0 Å². The molecule has 0 saturated heterocycles. The van der Waals surface area contributed by atoms with E-state index in [1.807, 2.05) is 0 Å². The van der Waals surface area contributed by atoms with Crippen LogP contribution >= 0.6 is 0 Å². The van der Waals surface area contributed by atoms with Gasteiger partial charge in [0.1, 0.15) is 11.5 Å². The molecule has 0 aromatic heterocycles. The van der Waals surface area contributed by atoms with Gasteiger partial charge in [-0.25, -0.2) is 0 Å². The minimum absolute atomic E-state index is 0.905. The SMILES string of the molecule is COc1cc(C=Cc2cccc3cccc(C=Cc4ccc(C)c(OC)c4)c23)ccc1C. The summed E-state index contributed by atoms with van der Waals surface area (Å²) in [6.07, 6.45) is 8.64. The quantitative estimate of drug-likeness (QED) is 0.296. The van der Waals surface area contributed by atoms with Gasteiger partial charge in [-0.2, -0.15) is 0 Å². The second-order valence-electron chi connectivity index (χ2n) is 7.92. The lowest BCUT2D eigenvalue weighted by Crippen LogP contribution is -1.88. The van der Waals surface area contributed by atoms with Gasteiger partial charge in [-0.15, -0.1) is 0 Å². The number of hydrogen-bond acceptors (Lipinski definition) is 2. The zero-order valence-electron chi connectivity index (χ0n) is 19.1. The van der Waals surface area contributed by atoms with Crippen molar-refractivity contribution in [1.82, 2.24) is 0 Å². The van der Waals surface area contributed by atoms with Crippen LogP contribution in [0.1, 0.15) is 33.4 Å². The predicted octanol–water partition coefficient (Wildman–Crippen LogP) is 7.81. The molecule has 2 heteroatoms. The maximum atomic E-state index is 5.47. The molecule has 32 heavy (non-hydrogen) atoms. The second kappa shape index (κ2) is 9.57. The Labute approximate surface area is 190 Å². The first-order valence-corrected chi connectivity index (χ1v) is 10.8. The minimum Gasteiger partial charge on any atom is -0.496 e. The molecule has 0 saturated carbocycles. The normalized spacial score (nSPS) is 11.5. The van der Waals surface area contributed by atoms with Gasteiger partial charge < -0.3 is 9.47 Å². The average Bonchev–Trinajstić information content (AvgIpc) is 2.82. The first-order chi connectivity index (χ1) is 15.6. The molecule has 0 atom stereocenters. The van der Waals surface area contributed by atoms with E-state index in [4.69, 9.17) is 9.47 Å². The van der Waals surface area contributed by atoms with Crippen molar-refractivity contribution in [3.63, 3.8) is 0 Å². The summed E-state index contributed by atoms with van der Waals surface area (Å²) in [6, 6.07) is 25.4. The molecule has 2 nitrogen and oxygen atoms in total. The molecule has 0 amide bonds. The molecule has 4 aromatic carbocycles. The summed E-state index contributed by atoms with van der Waals surface area (Å²) < 4.78 is 10.9. The third-order valence-electron chi connectivity index (χ3n) is 5.74. The molecule has 0 aliphatic heterocycles. The van der Waals surface area contributed by atoms with Crippen molar-refractivity contribution < 1.29 is 9.47 Å². The van der Waals surface area contributed by atoms with Gasteiger partial charge in [-0.3, -0.25) is 0 Å². The Morgan fingerprint density at radius 3 is 1.47 bits per heavy atom. The van der Waals surface area contributed by atoms with E-state index in [2.05, 4.69) is 111 Å². The largest absolute Gasteiger partial charge is 0.496 e. The maximum absolute atomic E-state index is 5.47. The summed E-state index contributed by atoms with van der Waals surface area (Å²) in [5.41, 5.74) is 6.87. The Balaban J connectivity index is 1.72. The Kier molecular flexibility index (Phi) is 6.42. The lowest BCUT2D eigenvalue weighted by molar-refractivity contribution is 0.411. The zero-order chi connectivity index (χ0) is 22.5. The number of fused-ring (bicyclic) bond motifs is 1. The first kappa shape index (κ1) is 21.5. The standard InChI is InChI=1S/C30H28O2/c1-21-11-13-23(19-28(21)31-3)15-17-26-9-5-7-25-8-6-10-27(30(25)26)18-16-24-14-12-22(2)29(20-24)32-4/h5-20H,1-4H3. The van der Waals surface area contributed by atoms with Crippen molar-refractivity contribution in [2.75, 3.05) is 14.2 Å². The van der Waals surface area contributed by atoms with Crippen LogP contribution in [-0.4, -0.2) is 14.2 Å². The lowest BCUT2D eigenvalue weighted by Gasteiger charge is -2.08. The van der Waals surface area contributed by atoms with E-state index >= 15 is 0 Å². The van der Waals surface area contributed by atoms with Crippen molar-refractivity contribution >= 4 is 35.1 Å². The highest BCUT2D eigenvalue weighted by Crippen LogP contribution is 2.28. The van der Waals surface area contributed by atoms with Crippen LogP contribution in [0.4, 0.5) is 0 Å². The van der Waals surface area contributed by atoms with Crippen molar-refractivity contribution in [3.8, 4) is 11.5 Å². The van der Waals surface area contributed by atoms with Crippen molar-refractivity contribution in [2.45, 2.75) is 13.8 Å². The fraction of sp³-hybridized carbons (Fsp3) is 0.133. The number of rotatable bonds is 6. The van der Waals surface area contributed by atoms with Crippen molar-refractivity contribution in [1.29, 1.82) is 0 Å². The molecule has 0 aliphatic carbocycles. The third kappa shape index (κ3) is 4.60. The van der Waals surface area contributed by atoms with E-state index in [0.717, 1.165) is 33.8 Å². The van der Waals surface area contributed by atoms with E-state index in [9.17, 15) is 0 Å². The summed E-state index contributed by atoms with van der Waals surface area (Å²) >= 11 is 0. The molecule has 0 heterocycles. The van der Waals surface area contributed by atoms with Crippen LogP contribution in [0, 0.1) is 13.8 Å². The van der Waals surface area contributed by atoms with Gasteiger partial charge >= 0.3 is 0 Å². The second-order valence-corrected chi connectivity index (χ2v) is 7.92. The monoisotopic (exact) mass is 420 g/mol. The van der Waals surface area contributed by atoms with Crippen molar-refractivity contribution in [3.05, 3.63) is 106 Å². The molecule has 0 fully saturated rings. The summed E-state index contributed by atoms with van der Waals surface area (Å²) in [7, 11) is 3.42. The molecule has 4 aromatic rings. The molecular formula is C30H28O2. The number of methoxy groups -OCH3 is 2. The minimum atomic E-state index is 0.905. The molecule has 0 radical (unpaired) electrons. The van der Waals surface area contributed by atoms with E-state index in [0.29, 0.717) is 0 Å². The van der Waals surface area contributed by atoms with Gasteiger partial charge in [0.25, 0.3) is 0 Å². The lowest BCUT2D eigenvalue weighted by atomic mass is 9.97. The first-order valence-electron chi connectivity index (χ1n) is 10.8. The van der Waals surface area contributed by atoms with Crippen LogP contribution in [-0.2, 0) is 0 Å². The fourth-order valence-electron chi connectivity index (χ4n) is 3.93. The average molecular weight is 421 g/mol. The zero-order valence-corrected chi connectivity index (χ0v) is 19.1. The summed E-state index contributed by atoms with van der Waals surface area (Å²) in [6.45, 7) is 4.11. The summed E-state index contributed by atoms with van der Waals surface area (Å²) in [5, 5.41) is 2.46. The Hall–Kier alpha value is -3.78. The number of ether oxygens (including phenoxy) is 2. The van der Waals surface area contributed by atoms with Crippen LogP contribution < -0.4 is 9.47 Å². The van der Waals surface area contributed by atoms with Gasteiger partial charge in [0.05, 0.1) is 14.2 Å². The number of hydrogen-bond donors (Lipinski definition) is 0. The highest BCUT2D eigenvalue weighted by Gasteiger charge is 2.04. The Morgan fingerprint density at radius 2 is 1.03 bits per heavy atom. The van der Waals surface area contributed by atoms with Crippen LogP contribution in [0.25, 0.3) is 35.1 Å². The Morgan fingerprint density at radius 1 is 0.562 bits per heavy atom. The molecule has 160 valence electrons. The van der Waals surface area contributed by atoms with Gasteiger partial charge in [-0.1, -0.05) is 85.0 Å². The van der Waals surface area contributed by atoms with Crippen LogP contribution in [0.15, 0.2) is 72.8 Å². The molecule has 0 bridgehead atoms. The fourth-order valence-corrected chi connectivity index (χ4v) is 3.93. The maximum Gasteiger partial charge on any atom is 0.122 e. The summed E-state index contributed by atoms with van der Waals surface area (Å²) in [4.78, 5) is 0. The summed E-state index contributed by atoms with van der Waals surface area (Å²) in [5.74, 6) is 1.81. The topological polar surface area (TPSA) is 18.5 Å². The number of aryl methyl sites for hydroxylation is 2. The highest BCUT2D eigenvalue weighted by molar-refractivity contribution is 5.99. The molecule has 4 rings (SSSR count). The van der Waals surface area contributed by atoms with Crippen molar-refractivity contribution in [2.24, 2.45) is 0 Å². The van der Waals surface area contributed by atoms with Gasteiger partial charge in [0, 0.05) is 0 Å². The molecule has 0 N–H and O–H groups in total.